The van der Waals surface area contributed by atoms with E-state index in [-0.39, 0.29) is 17.9 Å². The van der Waals surface area contributed by atoms with E-state index in [1.54, 1.807) is 30.7 Å². The Hall–Kier alpha value is -4.59. The van der Waals surface area contributed by atoms with Crippen LogP contribution in [0.1, 0.15) is 39.1 Å². The summed E-state index contributed by atoms with van der Waals surface area (Å²) in [6, 6.07) is 20.5. The second kappa shape index (κ2) is 11.0. The van der Waals surface area contributed by atoms with Gasteiger partial charge >= 0.3 is 0 Å². The van der Waals surface area contributed by atoms with Gasteiger partial charge in [0.1, 0.15) is 0 Å². The van der Waals surface area contributed by atoms with Gasteiger partial charge in [-0.25, -0.2) is 9.97 Å². The lowest BCUT2D eigenvalue weighted by molar-refractivity contribution is 0.0698. The second-order valence-electron chi connectivity index (χ2n) is 9.07. The first-order valence-electron chi connectivity index (χ1n) is 12.3. The van der Waals surface area contributed by atoms with Crippen LogP contribution in [-0.4, -0.2) is 50.8 Å². The van der Waals surface area contributed by atoms with Gasteiger partial charge in [0.25, 0.3) is 11.8 Å². The van der Waals surface area contributed by atoms with Crippen LogP contribution in [0.4, 0.5) is 11.6 Å². The number of pyridine rings is 1. The van der Waals surface area contributed by atoms with Gasteiger partial charge in [-0.1, -0.05) is 24.3 Å². The van der Waals surface area contributed by atoms with E-state index in [0.717, 1.165) is 35.3 Å². The smallest absolute Gasteiger partial charge is 0.253 e. The van der Waals surface area contributed by atoms with Gasteiger partial charge in [-0.15, -0.1) is 0 Å². The van der Waals surface area contributed by atoms with Gasteiger partial charge in [-0.05, 0) is 67.8 Å². The number of carbonyl (C=O) groups excluding carboxylic acids is 2. The Morgan fingerprint density at radius 1 is 0.919 bits per heavy atom. The Bertz CT molecular complexity index is 1390. The SMILES string of the molecule is Cc1ccc(C(=O)N2CCC(NC(=O)c3ccccc3)CC2)cc1Nc1nccc(-c2cccnc2)n1. The third-order valence-corrected chi connectivity index (χ3v) is 6.50. The Morgan fingerprint density at radius 3 is 2.49 bits per heavy atom. The molecular formula is C29H28N6O2. The highest BCUT2D eigenvalue weighted by Crippen LogP contribution is 2.24. The monoisotopic (exact) mass is 492 g/mol. The van der Waals surface area contributed by atoms with Gasteiger partial charge in [0.05, 0.1) is 5.69 Å². The molecule has 186 valence electrons. The number of likely N-dealkylation sites (tertiary alicyclic amines) is 1. The Morgan fingerprint density at radius 2 is 1.73 bits per heavy atom. The molecule has 1 aliphatic rings. The van der Waals surface area contributed by atoms with Gasteiger partial charge in [-0.3, -0.25) is 14.6 Å². The maximum atomic E-state index is 13.3. The molecule has 0 unspecified atom stereocenters. The number of aromatic nitrogens is 3. The summed E-state index contributed by atoms with van der Waals surface area (Å²) < 4.78 is 0. The Kier molecular flexibility index (Phi) is 7.16. The summed E-state index contributed by atoms with van der Waals surface area (Å²) in [5, 5.41) is 6.35. The van der Waals surface area contributed by atoms with E-state index in [0.29, 0.717) is 30.2 Å². The minimum Gasteiger partial charge on any atom is -0.349 e. The third-order valence-electron chi connectivity index (χ3n) is 6.50. The highest BCUT2D eigenvalue weighted by molar-refractivity contribution is 5.96. The van der Waals surface area contributed by atoms with E-state index in [2.05, 4.69) is 25.6 Å². The first-order valence-corrected chi connectivity index (χ1v) is 12.3. The van der Waals surface area contributed by atoms with E-state index < -0.39 is 0 Å². The molecule has 1 aliphatic heterocycles. The zero-order valence-electron chi connectivity index (χ0n) is 20.6. The molecule has 1 fully saturated rings. The number of piperidine rings is 1. The molecule has 8 heteroatoms. The molecule has 0 saturated carbocycles. The number of carbonyl (C=O) groups is 2. The van der Waals surface area contributed by atoms with Crippen molar-refractivity contribution in [2.24, 2.45) is 0 Å². The molecule has 2 amide bonds. The van der Waals surface area contributed by atoms with E-state index in [4.69, 9.17) is 0 Å². The summed E-state index contributed by atoms with van der Waals surface area (Å²) in [4.78, 5) is 40.7. The van der Waals surface area contributed by atoms with Crippen molar-refractivity contribution in [2.75, 3.05) is 18.4 Å². The van der Waals surface area contributed by atoms with Crippen LogP contribution in [0, 0.1) is 6.92 Å². The highest BCUT2D eigenvalue weighted by Gasteiger charge is 2.25. The number of anilines is 2. The van der Waals surface area contributed by atoms with E-state index in [1.165, 1.54) is 0 Å². The largest absolute Gasteiger partial charge is 0.349 e. The average Bonchev–Trinajstić information content (AvgIpc) is 2.95. The quantitative estimate of drug-likeness (QED) is 0.407. The summed E-state index contributed by atoms with van der Waals surface area (Å²) >= 11 is 0. The predicted octanol–water partition coefficient (Wildman–Crippen LogP) is 4.63. The highest BCUT2D eigenvalue weighted by atomic mass is 16.2. The Labute approximate surface area is 215 Å². The molecule has 0 aliphatic carbocycles. The number of benzene rings is 2. The van der Waals surface area contributed by atoms with Crippen molar-refractivity contribution in [1.82, 2.24) is 25.2 Å². The van der Waals surface area contributed by atoms with Gasteiger partial charge in [0, 0.05) is 60.1 Å². The lowest BCUT2D eigenvalue weighted by Crippen LogP contribution is -2.46. The van der Waals surface area contributed by atoms with Crippen molar-refractivity contribution in [3.63, 3.8) is 0 Å². The summed E-state index contributed by atoms with van der Waals surface area (Å²) in [6.07, 6.45) is 6.61. The molecule has 4 aromatic rings. The van der Waals surface area contributed by atoms with E-state index in [9.17, 15) is 9.59 Å². The molecule has 0 spiro atoms. The Balaban J connectivity index is 1.23. The summed E-state index contributed by atoms with van der Waals surface area (Å²) in [5.41, 5.74) is 4.67. The van der Waals surface area contributed by atoms with Crippen LogP contribution in [0.5, 0.6) is 0 Å². The number of amides is 2. The number of hydrogen-bond acceptors (Lipinski definition) is 6. The standard InChI is InChI=1S/C29H28N6O2/c1-20-9-10-22(18-26(20)34-29-31-15-11-25(33-29)23-8-5-14-30-19-23)28(37)35-16-12-24(13-17-35)32-27(36)21-6-3-2-4-7-21/h2-11,14-15,18-19,24H,12-13,16-17H2,1H3,(H,32,36)(H,31,33,34). The normalized spacial score (nSPS) is 13.7. The molecule has 1 saturated heterocycles. The van der Waals surface area contributed by atoms with Crippen LogP contribution in [-0.2, 0) is 0 Å². The molecule has 2 aromatic carbocycles. The zero-order chi connectivity index (χ0) is 25.6. The predicted molar refractivity (Wildman–Crippen MR) is 143 cm³/mol. The lowest BCUT2D eigenvalue weighted by atomic mass is 10.0. The molecule has 0 bridgehead atoms. The number of rotatable bonds is 6. The van der Waals surface area contributed by atoms with Crippen molar-refractivity contribution >= 4 is 23.5 Å². The van der Waals surface area contributed by atoms with Gasteiger partial charge in [0.15, 0.2) is 0 Å². The van der Waals surface area contributed by atoms with Crippen molar-refractivity contribution < 1.29 is 9.59 Å². The average molecular weight is 493 g/mol. The molecule has 0 atom stereocenters. The first kappa shape index (κ1) is 24.1. The second-order valence-corrected chi connectivity index (χ2v) is 9.07. The minimum atomic E-state index is -0.0746. The van der Waals surface area contributed by atoms with Gasteiger partial charge < -0.3 is 15.5 Å². The fraction of sp³-hybridized carbons (Fsp3) is 0.207. The molecule has 0 radical (unpaired) electrons. The summed E-state index contributed by atoms with van der Waals surface area (Å²) in [5.74, 6) is 0.347. The maximum Gasteiger partial charge on any atom is 0.253 e. The number of nitrogens with one attached hydrogen (secondary N) is 2. The summed E-state index contributed by atoms with van der Waals surface area (Å²) in [7, 11) is 0. The summed E-state index contributed by atoms with van der Waals surface area (Å²) in [6.45, 7) is 3.15. The van der Waals surface area contributed by atoms with Crippen LogP contribution >= 0.6 is 0 Å². The van der Waals surface area contributed by atoms with Crippen molar-refractivity contribution in [3.05, 3.63) is 102 Å². The molecule has 37 heavy (non-hydrogen) atoms. The molecule has 2 N–H and O–H groups in total. The van der Waals surface area contributed by atoms with Crippen LogP contribution in [0.2, 0.25) is 0 Å². The van der Waals surface area contributed by atoms with Gasteiger partial charge in [0.2, 0.25) is 5.95 Å². The molecular weight excluding hydrogens is 464 g/mol. The molecule has 2 aromatic heterocycles. The van der Waals surface area contributed by atoms with Crippen molar-refractivity contribution in [1.29, 1.82) is 0 Å². The topological polar surface area (TPSA) is 100 Å². The van der Waals surface area contributed by atoms with Gasteiger partial charge in [-0.2, -0.15) is 0 Å². The van der Waals surface area contributed by atoms with Crippen LogP contribution in [0.25, 0.3) is 11.3 Å². The van der Waals surface area contributed by atoms with E-state index in [1.807, 2.05) is 66.4 Å². The fourth-order valence-electron chi connectivity index (χ4n) is 4.37. The number of aryl methyl sites for hydroxylation is 1. The first-order chi connectivity index (χ1) is 18.1. The lowest BCUT2D eigenvalue weighted by Gasteiger charge is -2.32. The molecule has 8 nitrogen and oxygen atoms in total. The third kappa shape index (κ3) is 5.81. The van der Waals surface area contributed by atoms with E-state index >= 15 is 0 Å². The van der Waals surface area contributed by atoms with Crippen LogP contribution in [0.3, 0.4) is 0 Å². The molecule has 3 heterocycles. The maximum absolute atomic E-state index is 13.3. The minimum absolute atomic E-state index is 0.0269. The zero-order valence-corrected chi connectivity index (χ0v) is 20.6. The van der Waals surface area contributed by atoms with Crippen molar-refractivity contribution in [2.45, 2.75) is 25.8 Å². The number of hydrogen-bond donors (Lipinski definition) is 2. The van der Waals surface area contributed by atoms with Crippen LogP contribution < -0.4 is 10.6 Å². The fourth-order valence-corrected chi connectivity index (χ4v) is 4.37. The number of nitrogens with zero attached hydrogens (tertiary/aromatic N) is 4. The van der Waals surface area contributed by atoms with Crippen molar-refractivity contribution in [3.8, 4) is 11.3 Å². The van der Waals surface area contributed by atoms with Crippen LogP contribution in [0.15, 0.2) is 85.3 Å². The molecule has 5 rings (SSSR count).